The zero-order valence-corrected chi connectivity index (χ0v) is 11.9. The number of benzene rings is 2. The van der Waals surface area contributed by atoms with Crippen LogP contribution in [0.5, 0.6) is 0 Å². The fraction of sp³-hybridized carbons (Fsp3) is 0.0556. The summed E-state index contributed by atoms with van der Waals surface area (Å²) in [6, 6.07) is 20.5. The van der Waals surface area contributed by atoms with Crippen LogP contribution in [0.4, 0.5) is 17.2 Å². The minimum Gasteiger partial charge on any atom is -0.397 e. The lowest BCUT2D eigenvalue weighted by Gasteiger charge is -2.10. The van der Waals surface area contributed by atoms with Crippen LogP contribution in [-0.2, 0) is 0 Å². The van der Waals surface area contributed by atoms with E-state index in [-0.39, 0.29) is 0 Å². The lowest BCUT2D eigenvalue weighted by molar-refractivity contribution is 1.26. The Hall–Kier alpha value is -2.81. The number of nitrogens with one attached hydrogen (secondary N) is 1. The molecule has 0 atom stereocenters. The van der Waals surface area contributed by atoms with Crippen molar-refractivity contribution in [3.8, 4) is 11.1 Å². The van der Waals surface area contributed by atoms with Gasteiger partial charge in [0.15, 0.2) is 0 Å². The van der Waals surface area contributed by atoms with Gasteiger partial charge < -0.3 is 11.1 Å². The van der Waals surface area contributed by atoms with E-state index in [1.807, 2.05) is 31.2 Å². The monoisotopic (exact) mass is 275 g/mol. The molecule has 2 aromatic carbocycles. The van der Waals surface area contributed by atoms with Crippen LogP contribution in [0.15, 0.2) is 66.9 Å². The molecule has 0 saturated carbocycles. The maximum atomic E-state index is 5.71. The molecule has 3 aromatic rings. The Balaban J connectivity index is 1.81. The first kappa shape index (κ1) is 13.2. The average Bonchev–Trinajstić information content (AvgIpc) is 2.52. The molecule has 3 heteroatoms. The molecule has 3 N–H and O–H groups in total. The van der Waals surface area contributed by atoms with Crippen LogP contribution >= 0.6 is 0 Å². The van der Waals surface area contributed by atoms with Gasteiger partial charge in [0.2, 0.25) is 0 Å². The quantitative estimate of drug-likeness (QED) is 0.745. The number of hydrogen-bond acceptors (Lipinski definition) is 3. The molecule has 104 valence electrons. The van der Waals surface area contributed by atoms with Crippen LogP contribution in [0.3, 0.4) is 0 Å². The molecule has 0 saturated heterocycles. The molecule has 0 unspecified atom stereocenters. The number of pyridine rings is 1. The van der Waals surface area contributed by atoms with Gasteiger partial charge in [0.25, 0.3) is 0 Å². The third-order valence-electron chi connectivity index (χ3n) is 3.35. The van der Waals surface area contributed by atoms with E-state index in [2.05, 4.69) is 46.7 Å². The molecule has 0 fully saturated rings. The number of nitrogens with zero attached hydrogens (tertiary/aromatic N) is 1. The van der Waals surface area contributed by atoms with Gasteiger partial charge in [-0.2, -0.15) is 0 Å². The minimum atomic E-state index is 0.678. The second-order valence-electron chi connectivity index (χ2n) is 5.00. The molecule has 0 aliphatic rings. The van der Waals surface area contributed by atoms with Crippen molar-refractivity contribution in [1.82, 2.24) is 4.98 Å². The van der Waals surface area contributed by atoms with E-state index in [1.165, 1.54) is 11.1 Å². The summed E-state index contributed by atoms with van der Waals surface area (Å²) in [5.74, 6) is 0.830. The van der Waals surface area contributed by atoms with Gasteiger partial charge in [0, 0.05) is 5.69 Å². The first-order chi connectivity index (χ1) is 10.2. The second kappa shape index (κ2) is 5.67. The van der Waals surface area contributed by atoms with Crippen molar-refractivity contribution in [2.45, 2.75) is 6.92 Å². The Morgan fingerprint density at radius 3 is 2.24 bits per heavy atom. The smallest absolute Gasteiger partial charge is 0.133 e. The van der Waals surface area contributed by atoms with Gasteiger partial charge in [-0.3, -0.25) is 0 Å². The van der Waals surface area contributed by atoms with Crippen molar-refractivity contribution in [2.75, 3.05) is 11.1 Å². The number of nitrogens with two attached hydrogens (primary N) is 1. The predicted octanol–water partition coefficient (Wildman–Crippen LogP) is 4.38. The van der Waals surface area contributed by atoms with Gasteiger partial charge in [-0.1, -0.05) is 42.5 Å². The molecule has 0 bridgehead atoms. The first-order valence-electron chi connectivity index (χ1n) is 6.87. The highest BCUT2D eigenvalue weighted by Gasteiger charge is 2.02. The van der Waals surface area contributed by atoms with Crippen molar-refractivity contribution in [3.63, 3.8) is 0 Å². The van der Waals surface area contributed by atoms with E-state index in [9.17, 15) is 0 Å². The molecule has 1 aromatic heterocycles. The van der Waals surface area contributed by atoms with Crippen molar-refractivity contribution < 1.29 is 0 Å². The standard InChI is InChI=1S/C18H17N3/c1-13-11-16(19)12-20-18(13)21-17-9-7-15(8-10-17)14-5-3-2-4-6-14/h2-12H,19H2,1H3,(H,20,21). The fourth-order valence-electron chi connectivity index (χ4n) is 2.24. The molecule has 1 heterocycles. The molecule has 3 rings (SSSR count). The fourth-order valence-corrected chi connectivity index (χ4v) is 2.24. The normalized spacial score (nSPS) is 10.3. The Bertz CT molecular complexity index is 734. The molecule has 0 aliphatic carbocycles. The number of anilines is 3. The highest BCUT2D eigenvalue weighted by molar-refractivity contribution is 5.68. The molecule has 0 aliphatic heterocycles. The Morgan fingerprint density at radius 2 is 1.57 bits per heavy atom. The molecule has 21 heavy (non-hydrogen) atoms. The summed E-state index contributed by atoms with van der Waals surface area (Å²) in [5, 5.41) is 3.31. The predicted molar refractivity (Wildman–Crippen MR) is 88.5 cm³/mol. The van der Waals surface area contributed by atoms with E-state index in [1.54, 1.807) is 6.20 Å². The number of rotatable bonds is 3. The molecular formula is C18H17N3. The lowest BCUT2D eigenvalue weighted by Crippen LogP contribution is -1.98. The summed E-state index contributed by atoms with van der Waals surface area (Å²) in [5.41, 5.74) is 10.8. The molecule has 0 amide bonds. The Kier molecular flexibility index (Phi) is 3.56. The highest BCUT2D eigenvalue weighted by atomic mass is 15.0. The van der Waals surface area contributed by atoms with E-state index in [0.29, 0.717) is 5.69 Å². The van der Waals surface area contributed by atoms with Gasteiger partial charge >= 0.3 is 0 Å². The van der Waals surface area contributed by atoms with Gasteiger partial charge in [0.05, 0.1) is 11.9 Å². The van der Waals surface area contributed by atoms with E-state index in [0.717, 1.165) is 17.1 Å². The van der Waals surface area contributed by atoms with E-state index < -0.39 is 0 Å². The highest BCUT2D eigenvalue weighted by Crippen LogP contribution is 2.24. The number of hydrogen-bond donors (Lipinski definition) is 2. The summed E-state index contributed by atoms with van der Waals surface area (Å²) < 4.78 is 0. The van der Waals surface area contributed by atoms with Crippen LogP contribution < -0.4 is 11.1 Å². The summed E-state index contributed by atoms with van der Waals surface area (Å²) >= 11 is 0. The maximum Gasteiger partial charge on any atom is 0.133 e. The van der Waals surface area contributed by atoms with E-state index >= 15 is 0 Å². The average molecular weight is 275 g/mol. The Labute approximate surface area is 124 Å². The lowest BCUT2D eigenvalue weighted by atomic mass is 10.1. The molecule has 0 radical (unpaired) electrons. The SMILES string of the molecule is Cc1cc(N)cnc1Nc1ccc(-c2ccccc2)cc1. The summed E-state index contributed by atoms with van der Waals surface area (Å²) in [7, 11) is 0. The van der Waals surface area contributed by atoms with Crippen LogP contribution in [0.1, 0.15) is 5.56 Å². The van der Waals surface area contributed by atoms with Crippen molar-refractivity contribution in [3.05, 3.63) is 72.4 Å². The van der Waals surface area contributed by atoms with Crippen LogP contribution in [-0.4, -0.2) is 4.98 Å². The van der Waals surface area contributed by atoms with Crippen molar-refractivity contribution >= 4 is 17.2 Å². The minimum absolute atomic E-state index is 0.678. The van der Waals surface area contributed by atoms with Gasteiger partial charge in [-0.05, 0) is 41.8 Å². The van der Waals surface area contributed by atoms with E-state index in [4.69, 9.17) is 5.73 Å². The number of aromatic nitrogens is 1. The Morgan fingerprint density at radius 1 is 0.905 bits per heavy atom. The second-order valence-corrected chi connectivity index (χ2v) is 5.00. The third kappa shape index (κ3) is 3.03. The molecular weight excluding hydrogens is 258 g/mol. The number of aryl methyl sites for hydroxylation is 1. The maximum absolute atomic E-state index is 5.71. The third-order valence-corrected chi connectivity index (χ3v) is 3.35. The van der Waals surface area contributed by atoms with Gasteiger partial charge in [-0.25, -0.2) is 4.98 Å². The number of nitrogen functional groups attached to an aromatic ring is 1. The summed E-state index contributed by atoms with van der Waals surface area (Å²) in [4.78, 5) is 4.32. The van der Waals surface area contributed by atoms with Crippen molar-refractivity contribution in [1.29, 1.82) is 0 Å². The summed E-state index contributed by atoms with van der Waals surface area (Å²) in [6.45, 7) is 1.99. The van der Waals surface area contributed by atoms with Gasteiger partial charge in [0.1, 0.15) is 5.82 Å². The van der Waals surface area contributed by atoms with Crippen LogP contribution in [0, 0.1) is 6.92 Å². The van der Waals surface area contributed by atoms with Crippen LogP contribution in [0.25, 0.3) is 11.1 Å². The topological polar surface area (TPSA) is 50.9 Å². The summed E-state index contributed by atoms with van der Waals surface area (Å²) in [6.07, 6.45) is 1.66. The first-order valence-corrected chi connectivity index (χ1v) is 6.87. The van der Waals surface area contributed by atoms with Crippen LogP contribution in [0.2, 0.25) is 0 Å². The largest absolute Gasteiger partial charge is 0.397 e. The molecule has 3 nitrogen and oxygen atoms in total. The zero-order chi connectivity index (χ0) is 14.7. The molecule has 0 spiro atoms. The van der Waals surface area contributed by atoms with Crippen molar-refractivity contribution in [2.24, 2.45) is 0 Å². The van der Waals surface area contributed by atoms with Gasteiger partial charge in [-0.15, -0.1) is 0 Å². The zero-order valence-electron chi connectivity index (χ0n) is 11.9.